The van der Waals surface area contributed by atoms with Gasteiger partial charge in [0.1, 0.15) is 11.5 Å². The van der Waals surface area contributed by atoms with Gasteiger partial charge in [0.15, 0.2) is 0 Å². The molecule has 0 aliphatic rings. The summed E-state index contributed by atoms with van der Waals surface area (Å²) >= 11 is 3.31. The van der Waals surface area contributed by atoms with Gasteiger partial charge in [-0.25, -0.2) is 9.07 Å². The third-order valence-corrected chi connectivity index (χ3v) is 3.11. The van der Waals surface area contributed by atoms with Crippen molar-refractivity contribution in [1.82, 2.24) is 15.1 Å². The van der Waals surface area contributed by atoms with E-state index in [1.165, 1.54) is 6.07 Å². The molecule has 1 atom stereocenters. The van der Waals surface area contributed by atoms with Gasteiger partial charge in [-0.3, -0.25) is 0 Å². The summed E-state index contributed by atoms with van der Waals surface area (Å²) < 4.78 is 16.3. The molecule has 1 aromatic carbocycles. The molecule has 2 rings (SSSR count). The average molecular weight is 298 g/mol. The summed E-state index contributed by atoms with van der Waals surface area (Å²) in [5.41, 5.74) is 1.36. The number of para-hydroxylation sites is 1. The van der Waals surface area contributed by atoms with Gasteiger partial charge in [0.05, 0.1) is 10.7 Å². The van der Waals surface area contributed by atoms with Gasteiger partial charge in [0.2, 0.25) is 0 Å². The van der Waals surface area contributed by atoms with E-state index in [0.717, 1.165) is 10.0 Å². The topological polar surface area (TPSA) is 29.9 Å². The van der Waals surface area contributed by atoms with E-state index in [1.807, 2.05) is 20.0 Å². The summed E-state index contributed by atoms with van der Waals surface area (Å²) in [6, 6.07) is 5.11. The second kappa shape index (κ2) is 4.98. The fourth-order valence-electron chi connectivity index (χ4n) is 1.70. The van der Waals surface area contributed by atoms with Crippen molar-refractivity contribution in [3.8, 4) is 5.69 Å². The van der Waals surface area contributed by atoms with Crippen LogP contribution in [0.5, 0.6) is 0 Å². The lowest BCUT2D eigenvalue weighted by molar-refractivity contribution is 0.589. The molecule has 0 saturated heterocycles. The Morgan fingerprint density at radius 1 is 1.47 bits per heavy atom. The fourth-order valence-corrected chi connectivity index (χ4v) is 1.99. The molecule has 0 aliphatic carbocycles. The molecule has 1 unspecified atom stereocenters. The number of rotatable bonds is 3. The van der Waals surface area contributed by atoms with E-state index in [-0.39, 0.29) is 11.9 Å². The average Bonchev–Trinajstić information content (AvgIpc) is 2.74. The van der Waals surface area contributed by atoms with Crippen LogP contribution in [0.4, 0.5) is 4.39 Å². The van der Waals surface area contributed by atoms with Gasteiger partial charge in [-0.15, -0.1) is 0 Å². The molecule has 1 N–H and O–H groups in total. The summed E-state index contributed by atoms with van der Waals surface area (Å²) in [6.07, 6.45) is 3.38. The Bertz CT molecular complexity index is 524. The minimum absolute atomic E-state index is 0.0590. The highest BCUT2D eigenvalue weighted by molar-refractivity contribution is 9.10. The lowest BCUT2D eigenvalue weighted by atomic mass is 10.1. The third-order valence-electron chi connectivity index (χ3n) is 2.70. The van der Waals surface area contributed by atoms with Crippen LogP contribution in [0.2, 0.25) is 0 Å². The van der Waals surface area contributed by atoms with Crippen LogP contribution in [-0.4, -0.2) is 16.8 Å². The maximum Gasteiger partial charge on any atom is 0.149 e. The quantitative estimate of drug-likeness (QED) is 0.944. The zero-order valence-corrected chi connectivity index (χ0v) is 11.2. The van der Waals surface area contributed by atoms with Crippen molar-refractivity contribution in [2.75, 3.05) is 7.05 Å². The first kappa shape index (κ1) is 12.3. The van der Waals surface area contributed by atoms with Gasteiger partial charge in [0, 0.05) is 12.2 Å². The molecule has 90 valence electrons. The minimum Gasteiger partial charge on any atom is -0.313 e. The Labute approximate surface area is 108 Å². The predicted octanol–water partition coefficient (Wildman–Crippen LogP) is 3.05. The van der Waals surface area contributed by atoms with Crippen LogP contribution in [0.15, 0.2) is 35.1 Å². The third kappa shape index (κ3) is 2.40. The number of hydrogen-bond donors (Lipinski definition) is 1. The molecule has 2 aromatic rings. The molecule has 0 amide bonds. The summed E-state index contributed by atoms with van der Waals surface area (Å²) in [4.78, 5) is 0. The zero-order valence-electron chi connectivity index (χ0n) is 9.61. The number of benzene rings is 1. The Balaban J connectivity index is 2.58. The molecule has 0 spiro atoms. The van der Waals surface area contributed by atoms with Crippen LogP contribution in [0.1, 0.15) is 18.5 Å². The predicted molar refractivity (Wildman–Crippen MR) is 68.7 cm³/mol. The van der Waals surface area contributed by atoms with Gasteiger partial charge in [-0.2, -0.15) is 5.10 Å². The largest absolute Gasteiger partial charge is 0.313 e. The molecule has 0 fully saturated rings. The molecule has 3 nitrogen and oxygen atoms in total. The van der Waals surface area contributed by atoms with Crippen LogP contribution < -0.4 is 5.32 Å². The van der Waals surface area contributed by atoms with Crippen molar-refractivity contribution in [3.05, 3.63) is 46.4 Å². The molecular formula is C12H13BrFN3. The fraction of sp³-hybridized carbons (Fsp3) is 0.250. The molecule has 1 heterocycles. The molecule has 0 bridgehead atoms. The minimum atomic E-state index is -0.278. The molecule has 17 heavy (non-hydrogen) atoms. The normalized spacial score (nSPS) is 12.7. The Kier molecular flexibility index (Phi) is 3.59. The standard InChI is InChI=1S/C12H13BrFN3/c1-8(15-2)10-4-3-5-11(14)12(10)17-7-9(13)6-16-17/h3-8,15H,1-2H3. The highest BCUT2D eigenvalue weighted by atomic mass is 79.9. The summed E-state index contributed by atoms with van der Waals surface area (Å²) in [5, 5.41) is 7.23. The molecule has 1 aromatic heterocycles. The van der Waals surface area contributed by atoms with Crippen molar-refractivity contribution in [1.29, 1.82) is 0 Å². The van der Waals surface area contributed by atoms with Crippen LogP contribution in [-0.2, 0) is 0 Å². The van der Waals surface area contributed by atoms with Crippen molar-refractivity contribution in [3.63, 3.8) is 0 Å². The summed E-state index contributed by atoms with van der Waals surface area (Å²) in [5.74, 6) is -0.278. The zero-order chi connectivity index (χ0) is 12.4. The van der Waals surface area contributed by atoms with Crippen LogP contribution >= 0.6 is 15.9 Å². The smallest absolute Gasteiger partial charge is 0.149 e. The van der Waals surface area contributed by atoms with Gasteiger partial charge in [-0.05, 0) is 41.5 Å². The van der Waals surface area contributed by atoms with Gasteiger partial charge in [-0.1, -0.05) is 12.1 Å². The molecule has 0 radical (unpaired) electrons. The van der Waals surface area contributed by atoms with E-state index in [0.29, 0.717) is 5.69 Å². The highest BCUT2D eigenvalue weighted by Crippen LogP contribution is 2.24. The van der Waals surface area contributed by atoms with Crippen molar-refractivity contribution < 1.29 is 4.39 Å². The van der Waals surface area contributed by atoms with E-state index in [2.05, 4.69) is 26.3 Å². The number of aromatic nitrogens is 2. The van der Waals surface area contributed by atoms with Gasteiger partial charge < -0.3 is 5.32 Å². The van der Waals surface area contributed by atoms with Crippen LogP contribution in [0.3, 0.4) is 0 Å². The van der Waals surface area contributed by atoms with E-state index in [9.17, 15) is 4.39 Å². The van der Waals surface area contributed by atoms with E-state index < -0.39 is 0 Å². The number of nitrogens with zero attached hydrogens (tertiary/aromatic N) is 2. The van der Waals surface area contributed by atoms with E-state index >= 15 is 0 Å². The Morgan fingerprint density at radius 3 is 2.82 bits per heavy atom. The first-order valence-electron chi connectivity index (χ1n) is 5.29. The van der Waals surface area contributed by atoms with E-state index in [1.54, 1.807) is 23.1 Å². The van der Waals surface area contributed by atoms with Crippen LogP contribution in [0, 0.1) is 5.82 Å². The van der Waals surface area contributed by atoms with Crippen molar-refractivity contribution in [2.24, 2.45) is 0 Å². The monoisotopic (exact) mass is 297 g/mol. The Morgan fingerprint density at radius 2 is 2.24 bits per heavy atom. The summed E-state index contributed by atoms with van der Waals surface area (Å²) in [6.45, 7) is 1.98. The maximum atomic E-state index is 13.9. The van der Waals surface area contributed by atoms with E-state index in [4.69, 9.17) is 0 Å². The number of nitrogens with one attached hydrogen (secondary N) is 1. The maximum absolute atomic E-state index is 13.9. The molecular weight excluding hydrogens is 285 g/mol. The Hall–Kier alpha value is -1.20. The SMILES string of the molecule is CNC(C)c1cccc(F)c1-n1cc(Br)cn1. The van der Waals surface area contributed by atoms with Crippen LogP contribution in [0.25, 0.3) is 5.69 Å². The second-order valence-corrected chi connectivity index (χ2v) is 4.71. The number of halogens is 2. The summed E-state index contributed by atoms with van der Waals surface area (Å²) in [7, 11) is 1.85. The molecule has 0 saturated carbocycles. The molecule has 5 heteroatoms. The van der Waals surface area contributed by atoms with Crippen molar-refractivity contribution >= 4 is 15.9 Å². The highest BCUT2D eigenvalue weighted by Gasteiger charge is 2.15. The number of hydrogen-bond acceptors (Lipinski definition) is 2. The van der Waals surface area contributed by atoms with Gasteiger partial charge >= 0.3 is 0 Å². The van der Waals surface area contributed by atoms with Gasteiger partial charge in [0.25, 0.3) is 0 Å². The van der Waals surface area contributed by atoms with Crippen molar-refractivity contribution in [2.45, 2.75) is 13.0 Å². The first-order valence-corrected chi connectivity index (χ1v) is 6.09. The second-order valence-electron chi connectivity index (χ2n) is 3.79. The molecule has 0 aliphatic heterocycles. The lowest BCUT2D eigenvalue weighted by Crippen LogP contribution is -2.16. The first-order chi connectivity index (χ1) is 8.13. The lowest BCUT2D eigenvalue weighted by Gasteiger charge is -2.16.